The minimum Gasteiger partial charge on any atom is -0.324 e. The van der Waals surface area contributed by atoms with E-state index in [-0.39, 0.29) is 5.54 Å². The van der Waals surface area contributed by atoms with E-state index >= 15 is 0 Å². The highest BCUT2D eigenvalue weighted by Gasteiger charge is 2.27. The summed E-state index contributed by atoms with van der Waals surface area (Å²) in [7, 11) is 1.94. The second kappa shape index (κ2) is 6.63. The zero-order valence-electron chi connectivity index (χ0n) is 13.1. The first-order chi connectivity index (χ1) is 9.99. The molecule has 3 nitrogen and oxygen atoms in total. The first kappa shape index (κ1) is 16.1. The number of nitrogens with two attached hydrogens (primary N) is 1. The number of halogens is 1. The Morgan fingerprint density at radius 1 is 1.19 bits per heavy atom. The second-order valence-electron chi connectivity index (χ2n) is 5.74. The van der Waals surface area contributed by atoms with Crippen LogP contribution in [0.25, 0.3) is 0 Å². The first-order valence-corrected chi connectivity index (χ1v) is 7.90. The van der Waals surface area contributed by atoms with Crippen molar-refractivity contribution in [3.05, 3.63) is 52.3 Å². The minimum absolute atomic E-state index is 0.302. The molecule has 0 bridgehead atoms. The molecule has 0 aliphatic heterocycles. The average Bonchev–Trinajstić information content (AvgIpc) is 2.75. The van der Waals surface area contributed by atoms with E-state index in [4.69, 9.17) is 17.3 Å². The van der Waals surface area contributed by atoms with Crippen LogP contribution in [0.3, 0.4) is 0 Å². The fourth-order valence-electron chi connectivity index (χ4n) is 2.66. The number of nitrogens with zero attached hydrogens (tertiary/aromatic N) is 2. The highest BCUT2D eigenvalue weighted by atomic mass is 35.5. The molecule has 1 unspecified atom stereocenters. The lowest BCUT2D eigenvalue weighted by Gasteiger charge is -2.28. The van der Waals surface area contributed by atoms with Crippen LogP contribution in [-0.4, -0.2) is 15.3 Å². The van der Waals surface area contributed by atoms with E-state index in [1.807, 2.05) is 17.8 Å². The first-order valence-electron chi connectivity index (χ1n) is 7.52. The molecule has 0 spiro atoms. The summed E-state index contributed by atoms with van der Waals surface area (Å²) in [5.41, 5.74) is 9.60. The van der Waals surface area contributed by atoms with Crippen molar-refractivity contribution < 1.29 is 0 Å². The maximum atomic E-state index is 6.65. The zero-order chi connectivity index (χ0) is 15.5. The van der Waals surface area contributed by atoms with Crippen molar-refractivity contribution in [2.24, 2.45) is 12.8 Å². The van der Waals surface area contributed by atoms with Gasteiger partial charge in [-0.1, -0.05) is 55.8 Å². The van der Waals surface area contributed by atoms with Gasteiger partial charge in [0, 0.05) is 19.0 Å². The summed E-state index contributed by atoms with van der Waals surface area (Å²) >= 11 is 6.46. The SMILES string of the molecule is CCc1nn(C)c(CC(N)(CC)Cc2ccccc2)c1Cl. The van der Waals surface area contributed by atoms with E-state index < -0.39 is 0 Å². The molecular formula is C17H24ClN3. The molecule has 0 aliphatic rings. The second-order valence-corrected chi connectivity index (χ2v) is 6.12. The molecule has 1 aromatic heterocycles. The Hall–Kier alpha value is -1.32. The summed E-state index contributed by atoms with van der Waals surface area (Å²) < 4.78 is 1.88. The van der Waals surface area contributed by atoms with Crippen LogP contribution in [0.2, 0.25) is 5.02 Å². The van der Waals surface area contributed by atoms with Crippen LogP contribution < -0.4 is 5.73 Å². The van der Waals surface area contributed by atoms with Crippen LogP contribution in [0, 0.1) is 0 Å². The Kier molecular flexibility index (Phi) is 5.07. The van der Waals surface area contributed by atoms with Gasteiger partial charge in [0.25, 0.3) is 0 Å². The predicted octanol–water partition coefficient (Wildman–Crippen LogP) is 3.53. The molecule has 114 valence electrons. The molecule has 0 saturated heterocycles. The molecule has 1 atom stereocenters. The molecule has 4 heteroatoms. The van der Waals surface area contributed by atoms with Crippen LogP contribution in [0.4, 0.5) is 0 Å². The summed E-state index contributed by atoms with van der Waals surface area (Å²) in [6.45, 7) is 4.20. The highest BCUT2D eigenvalue weighted by Crippen LogP contribution is 2.27. The predicted molar refractivity (Wildman–Crippen MR) is 88.7 cm³/mol. The Balaban J connectivity index is 2.24. The Morgan fingerprint density at radius 2 is 1.86 bits per heavy atom. The lowest BCUT2D eigenvalue weighted by Crippen LogP contribution is -2.44. The average molecular weight is 306 g/mol. The molecule has 1 aromatic carbocycles. The Labute approximate surface area is 132 Å². The largest absolute Gasteiger partial charge is 0.324 e. The maximum Gasteiger partial charge on any atom is 0.0850 e. The number of rotatable bonds is 6. The van der Waals surface area contributed by atoms with Gasteiger partial charge in [-0.15, -0.1) is 0 Å². The normalized spacial score (nSPS) is 14.1. The Morgan fingerprint density at radius 3 is 2.38 bits per heavy atom. The Bertz CT molecular complexity index is 592. The van der Waals surface area contributed by atoms with Crippen molar-refractivity contribution in [3.63, 3.8) is 0 Å². The summed E-state index contributed by atoms with van der Waals surface area (Å²) in [6, 6.07) is 10.4. The van der Waals surface area contributed by atoms with Gasteiger partial charge in [0.15, 0.2) is 0 Å². The van der Waals surface area contributed by atoms with Gasteiger partial charge in [-0.05, 0) is 24.8 Å². The van der Waals surface area contributed by atoms with Gasteiger partial charge in [0.1, 0.15) is 0 Å². The van der Waals surface area contributed by atoms with Gasteiger partial charge in [-0.3, -0.25) is 4.68 Å². The van der Waals surface area contributed by atoms with Crippen LogP contribution in [0.15, 0.2) is 30.3 Å². The topological polar surface area (TPSA) is 43.8 Å². The van der Waals surface area contributed by atoms with E-state index in [0.29, 0.717) is 0 Å². The number of hydrogen-bond acceptors (Lipinski definition) is 2. The van der Waals surface area contributed by atoms with Crippen molar-refractivity contribution in [1.29, 1.82) is 0 Å². The van der Waals surface area contributed by atoms with E-state index in [9.17, 15) is 0 Å². The van der Waals surface area contributed by atoms with Crippen molar-refractivity contribution in [2.45, 2.75) is 45.1 Å². The highest BCUT2D eigenvalue weighted by molar-refractivity contribution is 6.31. The van der Waals surface area contributed by atoms with Gasteiger partial charge in [-0.25, -0.2) is 0 Å². The molecule has 0 saturated carbocycles. The quantitative estimate of drug-likeness (QED) is 0.887. The fraction of sp³-hybridized carbons (Fsp3) is 0.471. The molecule has 0 radical (unpaired) electrons. The zero-order valence-corrected chi connectivity index (χ0v) is 13.8. The number of benzene rings is 1. The number of hydrogen-bond donors (Lipinski definition) is 1. The summed E-state index contributed by atoms with van der Waals surface area (Å²) in [5, 5.41) is 5.26. The van der Waals surface area contributed by atoms with Crippen molar-refractivity contribution in [3.8, 4) is 0 Å². The molecule has 2 aromatic rings. The van der Waals surface area contributed by atoms with Crippen LogP contribution in [0.1, 0.15) is 37.2 Å². The summed E-state index contributed by atoms with van der Waals surface area (Å²) in [6.07, 6.45) is 3.31. The molecule has 0 aliphatic carbocycles. The lowest BCUT2D eigenvalue weighted by atomic mass is 9.85. The van der Waals surface area contributed by atoms with E-state index in [2.05, 4.69) is 43.2 Å². The summed E-state index contributed by atoms with van der Waals surface area (Å²) in [4.78, 5) is 0. The van der Waals surface area contributed by atoms with E-state index in [1.165, 1.54) is 5.56 Å². The van der Waals surface area contributed by atoms with Gasteiger partial charge in [0.2, 0.25) is 0 Å². The third-order valence-corrected chi connectivity index (χ3v) is 4.56. The van der Waals surface area contributed by atoms with E-state index in [0.717, 1.165) is 42.1 Å². The van der Waals surface area contributed by atoms with Crippen LogP contribution in [-0.2, 0) is 26.3 Å². The monoisotopic (exact) mass is 305 g/mol. The van der Waals surface area contributed by atoms with Crippen LogP contribution >= 0.6 is 11.6 Å². The standard InChI is InChI=1S/C17H24ClN3/c1-4-14-16(18)15(21(3)20-14)12-17(19,5-2)11-13-9-7-6-8-10-13/h6-10H,4-5,11-12,19H2,1-3H3. The number of aromatic nitrogens is 2. The molecular weight excluding hydrogens is 282 g/mol. The minimum atomic E-state index is -0.302. The van der Waals surface area contributed by atoms with Gasteiger partial charge in [0.05, 0.1) is 16.4 Å². The van der Waals surface area contributed by atoms with Crippen molar-refractivity contribution in [1.82, 2.24) is 9.78 Å². The van der Waals surface area contributed by atoms with Crippen molar-refractivity contribution >= 4 is 11.6 Å². The van der Waals surface area contributed by atoms with Gasteiger partial charge >= 0.3 is 0 Å². The molecule has 2 rings (SSSR count). The smallest absolute Gasteiger partial charge is 0.0850 e. The van der Waals surface area contributed by atoms with Crippen molar-refractivity contribution in [2.75, 3.05) is 0 Å². The molecule has 2 N–H and O–H groups in total. The van der Waals surface area contributed by atoms with E-state index in [1.54, 1.807) is 0 Å². The van der Waals surface area contributed by atoms with Gasteiger partial charge < -0.3 is 5.73 Å². The third-order valence-electron chi connectivity index (χ3n) is 4.13. The fourth-order valence-corrected chi connectivity index (χ4v) is 3.02. The maximum absolute atomic E-state index is 6.65. The molecule has 0 fully saturated rings. The summed E-state index contributed by atoms with van der Waals surface area (Å²) in [5.74, 6) is 0. The number of aryl methyl sites for hydroxylation is 2. The van der Waals surface area contributed by atoms with Gasteiger partial charge in [-0.2, -0.15) is 5.10 Å². The third kappa shape index (κ3) is 3.66. The van der Waals surface area contributed by atoms with Crippen LogP contribution in [0.5, 0.6) is 0 Å². The molecule has 1 heterocycles. The lowest BCUT2D eigenvalue weighted by molar-refractivity contribution is 0.393. The molecule has 21 heavy (non-hydrogen) atoms. The molecule has 0 amide bonds.